The van der Waals surface area contributed by atoms with Crippen LogP contribution in [0.5, 0.6) is 11.5 Å². The Morgan fingerprint density at radius 3 is 2.92 bits per heavy atom. The summed E-state index contributed by atoms with van der Waals surface area (Å²) in [6.45, 7) is 2.99. The third kappa shape index (κ3) is 3.36. The summed E-state index contributed by atoms with van der Waals surface area (Å²) in [6.07, 6.45) is 1.53. The molecule has 0 radical (unpaired) electrons. The summed E-state index contributed by atoms with van der Waals surface area (Å²) in [7, 11) is 1.62. The molecule has 3 aromatic rings. The molecule has 24 heavy (non-hydrogen) atoms. The normalized spacial score (nSPS) is 10.4. The zero-order chi connectivity index (χ0) is 16.9. The number of hydrogen-bond acceptors (Lipinski definition) is 7. The molecule has 3 rings (SSSR count). The van der Waals surface area contributed by atoms with Gasteiger partial charge in [-0.25, -0.2) is 14.6 Å². The smallest absolute Gasteiger partial charge is 0.252 e. The Kier molecular flexibility index (Phi) is 4.72. The maximum absolute atomic E-state index is 8.76. The van der Waals surface area contributed by atoms with Crippen molar-refractivity contribution in [2.75, 3.05) is 13.7 Å². The number of rotatable bonds is 6. The lowest BCUT2D eigenvalue weighted by Crippen LogP contribution is -2.00. The first-order chi connectivity index (χ1) is 11.7. The fourth-order valence-corrected chi connectivity index (χ4v) is 2.98. The summed E-state index contributed by atoms with van der Waals surface area (Å²) in [5.74, 6) is 1.55. The van der Waals surface area contributed by atoms with Crippen molar-refractivity contribution in [2.45, 2.75) is 13.5 Å². The van der Waals surface area contributed by atoms with E-state index in [4.69, 9.17) is 14.7 Å². The number of benzene rings is 1. The van der Waals surface area contributed by atoms with Crippen LogP contribution in [0.25, 0.3) is 10.6 Å². The first-order valence-corrected chi connectivity index (χ1v) is 8.16. The Morgan fingerprint density at radius 1 is 1.33 bits per heavy atom. The molecule has 7 nitrogen and oxygen atoms in total. The van der Waals surface area contributed by atoms with Crippen molar-refractivity contribution in [1.29, 1.82) is 5.26 Å². The largest absolute Gasteiger partial charge is 0.493 e. The summed E-state index contributed by atoms with van der Waals surface area (Å²) in [4.78, 5) is 8.49. The molecular formula is C16H15N5O2S. The Balaban J connectivity index is 1.81. The van der Waals surface area contributed by atoms with Crippen LogP contribution in [0.3, 0.4) is 0 Å². The molecule has 2 heterocycles. The lowest BCUT2D eigenvalue weighted by Gasteiger charge is -2.09. The fourth-order valence-electron chi connectivity index (χ4n) is 2.18. The van der Waals surface area contributed by atoms with E-state index < -0.39 is 0 Å². The molecule has 0 aliphatic rings. The van der Waals surface area contributed by atoms with Gasteiger partial charge in [0.15, 0.2) is 11.5 Å². The summed E-state index contributed by atoms with van der Waals surface area (Å²) in [5.41, 5.74) is 1.82. The van der Waals surface area contributed by atoms with E-state index in [9.17, 15) is 0 Å². The van der Waals surface area contributed by atoms with Crippen LogP contribution in [0.4, 0.5) is 0 Å². The molecule has 0 aliphatic carbocycles. The molecule has 0 aliphatic heterocycles. The van der Waals surface area contributed by atoms with Crippen LogP contribution < -0.4 is 9.47 Å². The molecule has 1 aromatic carbocycles. The predicted octanol–water partition coefficient (Wildman–Crippen LogP) is 2.73. The Bertz CT molecular complexity index is 881. The van der Waals surface area contributed by atoms with Crippen molar-refractivity contribution in [3.8, 4) is 28.1 Å². The molecule has 0 fully saturated rings. The molecule has 0 saturated carbocycles. The second kappa shape index (κ2) is 7.10. The highest BCUT2D eigenvalue weighted by Crippen LogP contribution is 2.33. The van der Waals surface area contributed by atoms with Crippen LogP contribution in [0.15, 0.2) is 29.9 Å². The first-order valence-electron chi connectivity index (χ1n) is 7.28. The van der Waals surface area contributed by atoms with E-state index >= 15 is 0 Å². The molecule has 0 atom stereocenters. The van der Waals surface area contributed by atoms with Gasteiger partial charge in [-0.05, 0) is 25.1 Å². The van der Waals surface area contributed by atoms with Gasteiger partial charge in [-0.2, -0.15) is 5.26 Å². The van der Waals surface area contributed by atoms with E-state index in [1.807, 2.05) is 36.6 Å². The number of thiazole rings is 1. The maximum Gasteiger partial charge on any atom is 0.252 e. The summed E-state index contributed by atoms with van der Waals surface area (Å²) in [6, 6.07) is 7.66. The molecule has 0 saturated heterocycles. The van der Waals surface area contributed by atoms with Crippen molar-refractivity contribution in [3.05, 3.63) is 41.4 Å². The van der Waals surface area contributed by atoms with Crippen LogP contribution in [0, 0.1) is 11.3 Å². The Hall–Kier alpha value is -2.92. The van der Waals surface area contributed by atoms with Crippen LogP contribution in [0.2, 0.25) is 0 Å². The lowest BCUT2D eigenvalue weighted by atomic mass is 10.2. The standard InChI is InChI=1S/C16H15N5O2S/c1-3-23-13-5-4-11(6-14(13)22-2)16-19-12(9-24-16)8-21-10-18-15(7-17)20-21/h4-6,9-10H,3,8H2,1-2H3. The van der Waals surface area contributed by atoms with Gasteiger partial charge in [0.25, 0.3) is 5.82 Å². The molecule has 0 N–H and O–H groups in total. The van der Waals surface area contributed by atoms with Crippen molar-refractivity contribution >= 4 is 11.3 Å². The summed E-state index contributed by atoms with van der Waals surface area (Å²) >= 11 is 1.54. The Labute approximate surface area is 143 Å². The minimum absolute atomic E-state index is 0.154. The van der Waals surface area contributed by atoms with Crippen molar-refractivity contribution in [2.24, 2.45) is 0 Å². The molecule has 0 amide bonds. The van der Waals surface area contributed by atoms with Crippen molar-refractivity contribution < 1.29 is 9.47 Å². The number of methoxy groups -OCH3 is 1. The summed E-state index contributed by atoms with van der Waals surface area (Å²) in [5, 5.41) is 15.6. The minimum atomic E-state index is 0.154. The van der Waals surface area contributed by atoms with E-state index in [1.54, 1.807) is 11.8 Å². The quantitative estimate of drug-likeness (QED) is 0.685. The zero-order valence-electron chi connectivity index (χ0n) is 13.3. The van der Waals surface area contributed by atoms with Gasteiger partial charge in [-0.3, -0.25) is 0 Å². The third-order valence-corrected chi connectivity index (χ3v) is 4.16. The first kappa shape index (κ1) is 16.0. The zero-order valence-corrected chi connectivity index (χ0v) is 14.1. The number of ether oxygens (including phenoxy) is 2. The van der Waals surface area contributed by atoms with E-state index in [0.717, 1.165) is 16.3 Å². The molecular weight excluding hydrogens is 326 g/mol. The van der Waals surface area contributed by atoms with E-state index in [1.165, 1.54) is 17.7 Å². The van der Waals surface area contributed by atoms with E-state index in [-0.39, 0.29) is 5.82 Å². The van der Waals surface area contributed by atoms with Crippen LogP contribution >= 0.6 is 11.3 Å². The monoisotopic (exact) mass is 341 g/mol. The summed E-state index contributed by atoms with van der Waals surface area (Å²) < 4.78 is 12.5. The van der Waals surface area contributed by atoms with E-state index in [2.05, 4.69) is 15.1 Å². The fraction of sp³-hybridized carbons (Fsp3) is 0.250. The van der Waals surface area contributed by atoms with Gasteiger partial charge in [0.05, 0.1) is 26.0 Å². The van der Waals surface area contributed by atoms with Gasteiger partial charge < -0.3 is 9.47 Å². The third-order valence-electron chi connectivity index (χ3n) is 3.22. The highest BCUT2D eigenvalue weighted by atomic mass is 32.1. The minimum Gasteiger partial charge on any atom is -0.493 e. The van der Waals surface area contributed by atoms with E-state index in [0.29, 0.717) is 24.7 Å². The van der Waals surface area contributed by atoms with Crippen LogP contribution in [-0.2, 0) is 6.54 Å². The second-order valence-electron chi connectivity index (χ2n) is 4.82. The van der Waals surface area contributed by atoms with Gasteiger partial charge in [-0.15, -0.1) is 16.4 Å². The van der Waals surface area contributed by atoms with Crippen molar-refractivity contribution in [3.63, 3.8) is 0 Å². The van der Waals surface area contributed by atoms with Crippen LogP contribution in [0.1, 0.15) is 18.4 Å². The SMILES string of the molecule is CCOc1ccc(-c2nc(Cn3cnc(C#N)n3)cs2)cc1OC. The number of nitrogens with zero attached hydrogens (tertiary/aromatic N) is 5. The molecule has 0 spiro atoms. The topological polar surface area (TPSA) is 85.9 Å². The maximum atomic E-state index is 8.76. The Morgan fingerprint density at radius 2 is 2.21 bits per heavy atom. The highest BCUT2D eigenvalue weighted by Gasteiger charge is 2.11. The lowest BCUT2D eigenvalue weighted by molar-refractivity contribution is 0.311. The highest BCUT2D eigenvalue weighted by molar-refractivity contribution is 7.13. The molecule has 2 aromatic heterocycles. The van der Waals surface area contributed by atoms with Gasteiger partial charge in [0.2, 0.25) is 0 Å². The molecule has 8 heteroatoms. The van der Waals surface area contributed by atoms with Crippen molar-refractivity contribution in [1.82, 2.24) is 19.7 Å². The molecule has 122 valence electrons. The molecule has 0 unspecified atom stereocenters. The predicted molar refractivity (Wildman–Crippen MR) is 89.1 cm³/mol. The average molecular weight is 341 g/mol. The van der Waals surface area contributed by atoms with Gasteiger partial charge in [-0.1, -0.05) is 0 Å². The second-order valence-corrected chi connectivity index (χ2v) is 5.68. The number of nitriles is 1. The van der Waals surface area contributed by atoms with Gasteiger partial charge in [0, 0.05) is 10.9 Å². The molecule has 0 bridgehead atoms. The van der Waals surface area contributed by atoms with Gasteiger partial charge in [0.1, 0.15) is 17.4 Å². The number of hydrogen-bond donors (Lipinski definition) is 0. The number of aromatic nitrogens is 4. The van der Waals surface area contributed by atoms with Crippen LogP contribution in [-0.4, -0.2) is 33.5 Å². The van der Waals surface area contributed by atoms with Gasteiger partial charge >= 0.3 is 0 Å². The average Bonchev–Trinajstić information content (AvgIpc) is 3.25.